The molecule has 0 amide bonds. The van der Waals surface area contributed by atoms with Crippen LogP contribution in [0.4, 0.5) is 0 Å². The summed E-state index contributed by atoms with van der Waals surface area (Å²) in [4.78, 5) is 13.5. The van der Waals surface area contributed by atoms with E-state index in [1.807, 2.05) is 13.8 Å². The molecule has 12 heavy (non-hydrogen) atoms. The van der Waals surface area contributed by atoms with E-state index in [0.29, 0.717) is 11.0 Å². The second kappa shape index (κ2) is 5.88. The first-order valence-electron chi connectivity index (χ1n) is 3.73. The van der Waals surface area contributed by atoms with Gasteiger partial charge in [0.15, 0.2) is 0 Å². The zero-order valence-electron chi connectivity index (χ0n) is 7.03. The Morgan fingerprint density at radius 2 is 2.33 bits per heavy atom. The molecule has 0 N–H and O–H groups in total. The fourth-order valence-electron chi connectivity index (χ4n) is 0.629. The highest BCUT2D eigenvalue weighted by atomic mass is 79.9. The number of hydrogen-bond donors (Lipinski definition) is 0. The number of rotatable bonds is 1. The molecule has 0 aromatic heterocycles. The highest BCUT2D eigenvalue weighted by Gasteiger charge is 2.18. The minimum atomic E-state index is -0.638. The van der Waals surface area contributed by atoms with Crippen molar-refractivity contribution < 1.29 is 4.92 Å². The van der Waals surface area contributed by atoms with Gasteiger partial charge in [0.25, 0.3) is 6.04 Å². The lowest BCUT2D eigenvalue weighted by atomic mass is 10.2. The molecule has 0 aliphatic carbocycles. The molecule has 0 aromatic rings. The van der Waals surface area contributed by atoms with Gasteiger partial charge in [-0.2, -0.15) is 0 Å². The Balaban J connectivity index is 0.000000561. The average molecular weight is 235 g/mol. The van der Waals surface area contributed by atoms with E-state index < -0.39 is 6.04 Å². The Morgan fingerprint density at radius 1 is 1.75 bits per heavy atom. The van der Waals surface area contributed by atoms with Crippen LogP contribution in [0, 0.1) is 10.1 Å². The summed E-state index contributed by atoms with van der Waals surface area (Å²) in [5, 5.41) is 10.1. The average Bonchev–Trinajstić information content (AvgIpc) is 2.09. The predicted octanol–water partition coefficient (Wildman–Crippen LogP) is 2.37. The quantitative estimate of drug-likeness (QED) is 0.398. The van der Waals surface area contributed by atoms with Crippen LogP contribution in [0.15, 0.2) is 15.7 Å². The van der Waals surface area contributed by atoms with Crippen LogP contribution in [-0.2, 0) is 0 Å². The molecule has 1 rings (SSSR count). The summed E-state index contributed by atoms with van der Waals surface area (Å²) < 4.78 is 0.672. The Morgan fingerprint density at radius 3 is 2.67 bits per heavy atom. The van der Waals surface area contributed by atoms with Gasteiger partial charge < -0.3 is 0 Å². The largest absolute Gasteiger partial charge is 0.264 e. The number of nitrogens with zero attached hydrogens (tertiary/aromatic N) is 2. The van der Waals surface area contributed by atoms with Crippen LogP contribution < -0.4 is 0 Å². The number of nitro groups is 1. The van der Waals surface area contributed by atoms with E-state index in [9.17, 15) is 10.1 Å². The fraction of sp³-hybridized carbons (Fsp3) is 0.571. The molecule has 0 aromatic carbocycles. The maximum atomic E-state index is 10.1. The SMILES string of the molecule is CC.O=[N+]([O-])C1C=NC(Br)=CC1. The van der Waals surface area contributed by atoms with Crippen molar-refractivity contribution in [1.29, 1.82) is 0 Å². The van der Waals surface area contributed by atoms with Crippen LogP contribution in [0.25, 0.3) is 0 Å². The first kappa shape index (κ1) is 11.3. The highest BCUT2D eigenvalue weighted by molar-refractivity contribution is 9.11. The van der Waals surface area contributed by atoms with Crippen LogP contribution in [0.5, 0.6) is 0 Å². The van der Waals surface area contributed by atoms with E-state index in [1.165, 1.54) is 6.21 Å². The molecule has 1 unspecified atom stereocenters. The number of hydrogen-bond acceptors (Lipinski definition) is 3. The van der Waals surface area contributed by atoms with E-state index >= 15 is 0 Å². The summed E-state index contributed by atoms with van der Waals surface area (Å²) in [7, 11) is 0. The maximum absolute atomic E-state index is 10.1. The molecule has 1 heterocycles. The van der Waals surface area contributed by atoms with Crippen molar-refractivity contribution in [3.63, 3.8) is 0 Å². The van der Waals surface area contributed by atoms with Crippen molar-refractivity contribution in [2.75, 3.05) is 0 Å². The Labute approximate surface area is 79.7 Å². The second-order valence-corrected chi connectivity index (χ2v) is 2.71. The topological polar surface area (TPSA) is 55.5 Å². The van der Waals surface area contributed by atoms with Crippen LogP contribution in [0.2, 0.25) is 0 Å². The minimum Gasteiger partial charge on any atom is -0.264 e. The summed E-state index contributed by atoms with van der Waals surface area (Å²) in [5.41, 5.74) is 0. The fourth-order valence-corrected chi connectivity index (χ4v) is 0.934. The summed E-state index contributed by atoms with van der Waals surface area (Å²) in [6.07, 6.45) is 3.45. The Kier molecular flexibility index (Phi) is 5.53. The zero-order chi connectivity index (χ0) is 9.56. The second-order valence-electron chi connectivity index (χ2n) is 1.89. The number of aliphatic imine (C=N–C) groups is 1. The van der Waals surface area contributed by atoms with Gasteiger partial charge in [-0.05, 0) is 22.0 Å². The number of halogens is 1. The van der Waals surface area contributed by atoms with E-state index in [2.05, 4.69) is 20.9 Å². The molecule has 0 bridgehead atoms. The van der Waals surface area contributed by atoms with Crippen molar-refractivity contribution in [3.05, 3.63) is 20.8 Å². The highest BCUT2D eigenvalue weighted by Crippen LogP contribution is 2.13. The van der Waals surface area contributed by atoms with Crippen LogP contribution in [0.1, 0.15) is 20.3 Å². The van der Waals surface area contributed by atoms with E-state index in [1.54, 1.807) is 6.08 Å². The zero-order valence-corrected chi connectivity index (χ0v) is 8.61. The molecule has 1 aliphatic rings. The smallest absolute Gasteiger partial charge is 0.251 e. The monoisotopic (exact) mass is 234 g/mol. The molecule has 1 aliphatic heterocycles. The van der Waals surface area contributed by atoms with Crippen LogP contribution in [-0.4, -0.2) is 17.2 Å². The first-order valence-corrected chi connectivity index (χ1v) is 4.53. The lowest BCUT2D eigenvalue weighted by Crippen LogP contribution is -2.21. The third kappa shape index (κ3) is 3.61. The normalized spacial score (nSPS) is 20.6. The summed E-state index contributed by atoms with van der Waals surface area (Å²) in [5.74, 6) is 0. The van der Waals surface area contributed by atoms with Crippen molar-refractivity contribution in [3.8, 4) is 0 Å². The molecule has 0 saturated heterocycles. The van der Waals surface area contributed by atoms with Gasteiger partial charge >= 0.3 is 0 Å². The molecule has 0 spiro atoms. The molecule has 0 radical (unpaired) electrons. The molecular weight excluding hydrogens is 224 g/mol. The van der Waals surface area contributed by atoms with E-state index in [4.69, 9.17) is 0 Å². The first-order chi connectivity index (χ1) is 5.70. The summed E-state index contributed by atoms with van der Waals surface area (Å²) in [6.45, 7) is 4.00. The van der Waals surface area contributed by atoms with Gasteiger partial charge in [0.05, 0.1) is 6.21 Å². The van der Waals surface area contributed by atoms with Gasteiger partial charge in [-0.15, -0.1) is 0 Å². The molecule has 5 heteroatoms. The maximum Gasteiger partial charge on any atom is 0.251 e. The van der Waals surface area contributed by atoms with Crippen LogP contribution in [0.3, 0.4) is 0 Å². The Bertz CT molecular complexity index is 213. The van der Waals surface area contributed by atoms with Gasteiger partial charge in [-0.1, -0.05) is 13.8 Å². The predicted molar refractivity (Wildman–Crippen MR) is 52.2 cm³/mol. The van der Waals surface area contributed by atoms with Gasteiger partial charge in [0.1, 0.15) is 4.61 Å². The lowest BCUT2D eigenvalue weighted by molar-refractivity contribution is -0.500. The third-order valence-electron chi connectivity index (χ3n) is 1.17. The Hall–Kier alpha value is -0.710. The van der Waals surface area contributed by atoms with Crippen LogP contribution >= 0.6 is 15.9 Å². The van der Waals surface area contributed by atoms with Crippen molar-refractivity contribution in [2.45, 2.75) is 26.3 Å². The lowest BCUT2D eigenvalue weighted by Gasteiger charge is -2.04. The molecule has 0 fully saturated rings. The minimum absolute atomic E-state index is 0.348. The standard InChI is InChI=1S/C5H5BrN2O2.C2H6/c6-5-2-1-4(3-7-5)8(9)10;1-2/h2-4H,1H2;1-2H3. The van der Waals surface area contributed by atoms with Crippen molar-refractivity contribution in [2.24, 2.45) is 4.99 Å². The van der Waals surface area contributed by atoms with Crippen molar-refractivity contribution >= 4 is 22.1 Å². The molecule has 0 saturated carbocycles. The summed E-state index contributed by atoms with van der Waals surface area (Å²) in [6, 6.07) is -0.638. The third-order valence-corrected chi connectivity index (χ3v) is 1.70. The molecule has 68 valence electrons. The molecule has 1 atom stereocenters. The van der Waals surface area contributed by atoms with Gasteiger partial charge in [0, 0.05) is 11.3 Å². The van der Waals surface area contributed by atoms with E-state index in [0.717, 1.165) is 0 Å². The van der Waals surface area contributed by atoms with Gasteiger partial charge in [0.2, 0.25) is 0 Å². The van der Waals surface area contributed by atoms with Gasteiger partial charge in [-0.25, -0.2) is 4.99 Å². The summed E-state index contributed by atoms with van der Waals surface area (Å²) >= 11 is 3.11. The van der Waals surface area contributed by atoms with E-state index in [-0.39, 0.29) is 4.92 Å². The van der Waals surface area contributed by atoms with Gasteiger partial charge in [-0.3, -0.25) is 10.1 Å². The van der Waals surface area contributed by atoms with Crippen molar-refractivity contribution in [1.82, 2.24) is 0 Å². The molecular formula is C7H11BrN2O2. The molecule has 4 nitrogen and oxygen atoms in total.